The number of hydrogen-bond donors (Lipinski definition) is 0. The molecule has 2 aliphatic rings. The van der Waals surface area contributed by atoms with Gasteiger partial charge < -0.3 is 14.2 Å². The van der Waals surface area contributed by atoms with Gasteiger partial charge >= 0.3 is 12.1 Å². The van der Waals surface area contributed by atoms with Crippen LogP contribution in [-0.4, -0.2) is 47.9 Å². The minimum atomic E-state index is -0.652. The van der Waals surface area contributed by atoms with Gasteiger partial charge in [-0.1, -0.05) is 12.1 Å². The van der Waals surface area contributed by atoms with Gasteiger partial charge in [0, 0.05) is 6.54 Å². The Morgan fingerprint density at radius 3 is 2.58 bits per heavy atom. The Bertz CT molecular complexity index is 841. The standard InChI is InChI=1S/C24H32N2O5/c1-5-29-22(27)20-13-18-12-19(30-21-9-7-6-8-16(21)14-25)11-10-17(18)15-26(20)23(28)31-24(2,3)4/h6-9,17-20H,5,10-13,15H2,1-4H3/t17-,18+,19-,20-/m0/s1. The molecule has 0 radical (unpaired) electrons. The van der Waals surface area contributed by atoms with Crippen molar-refractivity contribution in [1.29, 1.82) is 5.26 Å². The van der Waals surface area contributed by atoms with Crippen LogP contribution >= 0.6 is 0 Å². The number of likely N-dealkylation sites (tertiary alicyclic amines) is 1. The number of benzene rings is 1. The summed E-state index contributed by atoms with van der Waals surface area (Å²) >= 11 is 0. The molecule has 3 rings (SSSR count). The van der Waals surface area contributed by atoms with Crippen LogP contribution in [0.5, 0.6) is 5.75 Å². The lowest BCUT2D eigenvalue weighted by molar-refractivity contribution is -0.153. The van der Waals surface area contributed by atoms with Crippen molar-refractivity contribution >= 4 is 12.1 Å². The van der Waals surface area contributed by atoms with Crippen molar-refractivity contribution in [2.24, 2.45) is 11.8 Å². The molecule has 1 aromatic carbocycles. The van der Waals surface area contributed by atoms with Gasteiger partial charge in [0.1, 0.15) is 23.5 Å². The van der Waals surface area contributed by atoms with E-state index in [1.807, 2.05) is 39.0 Å². The van der Waals surface area contributed by atoms with E-state index in [0.29, 0.717) is 24.3 Å². The van der Waals surface area contributed by atoms with Crippen molar-refractivity contribution in [3.63, 3.8) is 0 Å². The molecule has 1 aliphatic carbocycles. The first-order chi connectivity index (χ1) is 14.7. The fraction of sp³-hybridized carbons (Fsp3) is 0.625. The fourth-order valence-electron chi connectivity index (χ4n) is 4.54. The number of piperidine rings is 1. The van der Waals surface area contributed by atoms with E-state index in [1.165, 1.54) is 0 Å². The Morgan fingerprint density at radius 2 is 1.90 bits per heavy atom. The molecule has 0 bridgehead atoms. The molecule has 0 spiro atoms. The maximum Gasteiger partial charge on any atom is 0.411 e. The van der Waals surface area contributed by atoms with E-state index in [2.05, 4.69) is 6.07 Å². The molecule has 7 heteroatoms. The number of carbonyl (C=O) groups excluding carboxylic acids is 2. The van der Waals surface area contributed by atoms with Crippen molar-refractivity contribution in [2.45, 2.75) is 71.1 Å². The van der Waals surface area contributed by atoms with Crippen molar-refractivity contribution in [3.8, 4) is 11.8 Å². The summed E-state index contributed by atoms with van der Waals surface area (Å²) < 4.78 is 17.0. The number of amides is 1. The Balaban J connectivity index is 1.72. The molecule has 1 amide bonds. The Morgan fingerprint density at radius 1 is 1.16 bits per heavy atom. The highest BCUT2D eigenvalue weighted by Gasteiger charge is 2.45. The first-order valence-corrected chi connectivity index (χ1v) is 11.0. The van der Waals surface area contributed by atoms with Gasteiger partial charge in [0.05, 0.1) is 18.3 Å². The molecule has 4 atom stereocenters. The molecule has 31 heavy (non-hydrogen) atoms. The number of fused-ring (bicyclic) bond motifs is 1. The Labute approximate surface area is 184 Å². The van der Waals surface area contributed by atoms with Gasteiger partial charge in [0.15, 0.2) is 0 Å². The second-order valence-corrected chi connectivity index (χ2v) is 9.32. The van der Waals surface area contributed by atoms with Crippen LogP contribution in [-0.2, 0) is 14.3 Å². The van der Waals surface area contributed by atoms with Gasteiger partial charge in [-0.2, -0.15) is 5.26 Å². The number of esters is 1. The molecule has 1 aromatic rings. The summed E-state index contributed by atoms with van der Waals surface area (Å²) in [6, 6.07) is 8.76. The van der Waals surface area contributed by atoms with Gasteiger partial charge in [-0.15, -0.1) is 0 Å². The molecule has 1 saturated heterocycles. The zero-order valence-electron chi connectivity index (χ0n) is 18.8. The summed E-state index contributed by atoms with van der Waals surface area (Å²) in [4.78, 5) is 27.0. The summed E-state index contributed by atoms with van der Waals surface area (Å²) in [5.74, 6) is 0.733. The van der Waals surface area contributed by atoms with Crippen LogP contribution in [0.4, 0.5) is 4.79 Å². The van der Waals surface area contributed by atoms with E-state index in [1.54, 1.807) is 17.9 Å². The normalized spacial score (nSPS) is 25.7. The third kappa shape index (κ3) is 5.69. The maximum absolute atomic E-state index is 12.8. The Kier molecular flexibility index (Phi) is 7.09. The molecule has 0 unspecified atom stereocenters. The van der Waals surface area contributed by atoms with Crippen LogP contribution in [0, 0.1) is 23.2 Å². The van der Waals surface area contributed by atoms with Gasteiger partial charge in [0.25, 0.3) is 0 Å². The summed E-state index contributed by atoms with van der Waals surface area (Å²) in [5, 5.41) is 9.31. The van der Waals surface area contributed by atoms with Crippen LogP contribution in [0.25, 0.3) is 0 Å². The number of rotatable bonds is 4. The number of ether oxygens (including phenoxy) is 3. The van der Waals surface area contributed by atoms with E-state index in [4.69, 9.17) is 14.2 Å². The van der Waals surface area contributed by atoms with E-state index in [0.717, 1.165) is 19.3 Å². The monoisotopic (exact) mass is 428 g/mol. The molecule has 0 aromatic heterocycles. The highest BCUT2D eigenvalue weighted by molar-refractivity contribution is 5.82. The van der Waals surface area contributed by atoms with Crippen molar-refractivity contribution in [1.82, 2.24) is 4.90 Å². The molecule has 1 heterocycles. The smallest absolute Gasteiger partial charge is 0.411 e. The van der Waals surface area contributed by atoms with E-state index >= 15 is 0 Å². The third-order valence-corrected chi connectivity index (χ3v) is 5.91. The molecule has 0 N–H and O–H groups in total. The van der Waals surface area contributed by atoms with Gasteiger partial charge in [-0.3, -0.25) is 4.90 Å². The summed E-state index contributed by atoms with van der Waals surface area (Å²) in [5.41, 5.74) is -0.110. The molecule has 7 nitrogen and oxygen atoms in total. The zero-order chi connectivity index (χ0) is 22.6. The Hall–Kier alpha value is -2.75. The van der Waals surface area contributed by atoms with Crippen LogP contribution in [0.2, 0.25) is 0 Å². The minimum Gasteiger partial charge on any atom is -0.489 e. The lowest BCUT2D eigenvalue weighted by Crippen LogP contribution is -2.56. The average molecular weight is 429 g/mol. The highest BCUT2D eigenvalue weighted by Crippen LogP contribution is 2.41. The first-order valence-electron chi connectivity index (χ1n) is 11.0. The zero-order valence-corrected chi connectivity index (χ0v) is 18.8. The number of nitrogens with zero attached hydrogens (tertiary/aromatic N) is 2. The van der Waals surface area contributed by atoms with Gasteiger partial charge in [-0.25, -0.2) is 9.59 Å². The van der Waals surface area contributed by atoms with Crippen LogP contribution in [0.15, 0.2) is 24.3 Å². The second-order valence-electron chi connectivity index (χ2n) is 9.32. The van der Waals surface area contributed by atoms with Crippen molar-refractivity contribution < 1.29 is 23.8 Å². The molecular formula is C24H32N2O5. The second kappa shape index (κ2) is 9.59. The van der Waals surface area contributed by atoms with Crippen LogP contribution in [0.1, 0.15) is 58.9 Å². The number of nitriles is 1. The predicted octanol–water partition coefficient (Wildman–Crippen LogP) is 4.29. The largest absolute Gasteiger partial charge is 0.489 e. The van der Waals surface area contributed by atoms with Gasteiger partial charge in [-0.05, 0) is 77.3 Å². The highest BCUT2D eigenvalue weighted by atomic mass is 16.6. The van der Waals surface area contributed by atoms with Gasteiger partial charge in [0.2, 0.25) is 0 Å². The molecule has 168 valence electrons. The molecule has 2 fully saturated rings. The molecule has 1 aliphatic heterocycles. The van der Waals surface area contributed by atoms with E-state index < -0.39 is 17.7 Å². The lowest BCUT2D eigenvalue weighted by atomic mass is 9.72. The lowest BCUT2D eigenvalue weighted by Gasteiger charge is -2.46. The fourth-order valence-corrected chi connectivity index (χ4v) is 4.54. The van der Waals surface area contributed by atoms with Crippen molar-refractivity contribution in [3.05, 3.63) is 29.8 Å². The molecule has 1 saturated carbocycles. The van der Waals surface area contributed by atoms with Crippen LogP contribution < -0.4 is 4.74 Å². The number of carbonyl (C=O) groups is 2. The number of para-hydroxylation sites is 1. The quantitative estimate of drug-likeness (QED) is 0.665. The average Bonchev–Trinajstić information content (AvgIpc) is 2.72. The van der Waals surface area contributed by atoms with E-state index in [-0.39, 0.29) is 30.5 Å². The number of hydrogen-bond acceptors (Lipinski definition) is 6. The minimum absolute atomic E-state index is 0.0216. The first kappa shape index (κ1) is 22.9. The summed E-state index contributed by atoms with van der Waals surface area (Å²) in [6.45, 7) is 7.96. The maximum atomic E-state index is 12.8. The molecular weight excluding hydrogens is 396 g/mol. The summed E-state index contributed by atoms with van der Waals surface area (Å²) in [7, 11) is 0. The SMILES string of the molecule is CCOC(=O)[C@@H]1C[C@H]2C[C@@H](Oc3ccccc3C#N)CC[C@H]2CN1C(=O)OC(C)(C)C. The summed E-state index contributed by atoms with van der Waals surface area (Å²) in [6.07, 6.45) is 2.55. The predicted molar refractivity (Wildman–Crippen MR) is 114 cm³/mol. The van der Waals surface area contributed by atoms with E-state index in [9.17, 15) is 14.9 Å². The topological polar surface area (TPSA) is 88.9 Å². The van der Waals surface area contributed by atoms with Crippen LogP contribution in [0.3, 0.4) is 0 Å². The third-order valence-electron chi connectivity index (χ3n) is 5.91. The van der Waals surface area contributed by atoms with Crippen molar-refractivity contribution in [2.75, 3.05) is 13.2 Å².